The van der Waals surface area contributed by atoms with Crippen LogP contribution in [0.3, 0.4) is 0 Å². The summed E-state index contributed by atoms with van der Waals surface area (Å²) in [5.41, 5.74) is 0. The van der Waals surface area contributed by atoms with Crippen LogP contribution in [0.25, 0.3) is 0 Å². The highest BCUT2D eigenvalue weighted by Crippen LogP contribution is 2.37. The van der Waals surface area contributed by atoms with Gasteiger partial charge in [-0.3, -0.25) is 0 Å². The molecule has 0 spiro atoms. The van der Waals surface area contributed by atoms with Gasteiger partial charge >= 0.3 is 0 Å². The van der Waals surface area contributed by atoms with E-state index in [9.17, 15) is 0 Å². The van der Waals surface area contributed by atoms with E-state index in [-0.39, 0.29) is 11.1 Å². The van der Waals surface area contributed by atoms with E-state index in [0.29, 0.717) is 12.7 Å². The number of hydrogen-bond donors (Lipinski definition) is 0. The zero-order valence-corrected chi connectivity index (χ0v) is 16.9. The fourth-order valence-electron chi connectivity index (χ4n) is 3.99. The lowest BCUT2D eigenvalue weighted by Gasteiger charge is -2.43. The summed E-state index contributed by atoms with van der Waals surface area (Å²) in [5, 5.41) is 2.69. The number of ether oxygens (including phenoxy) is 1. The molecule has 3 rings (SSSR count). The fourth-order valence-corrected chi connectivity index (χ4v) is 8.58. The maximum absolute atomic E-state index is 6.91. The normalized spacial score (nSPS) is 21.4. The molecule has 1 aliphatic heterocycles. The van der Waals surface area contributed by atoms with Gasteiger partial charge in [0.25, 0.3) is 8.32 Å². The van der Waals surface area contributed by atoms with Crippen molar-refractivity contribution in [1.82, 2.24) is 0 Å². The van der Waals surface area contributed by atoms with Gasteiger partial charge in [-0.25, -0.2) is 0 Å². The third-order valence-electron chi connectivity index (χ3n) is 5.22. The second kappa shape index (κ2) is 7.44. The van der Waals surface area contributed by atoms with Crippen molar-refractivity contribution in [3.63, 3.8) is 0 Å². The average molecular weight is 355 g/mol. The molecule has 0 saturated carbocycles. The first-order valence-electron chi connectivity index (χ1n) is 9.34. The molecule has 2 nitrogen and oxygen atoms in total. The van der Waals surface area contributed by atoms with Gasteiger partial charge in [-0.05, 0) is 35.2 Å². The van der Waals surface area contributed by atoms with Crippen molar-refractivity contribution < 1.29 is 9.16 Å². The van der Waals surface area contributed by atoms with E-state index < -0.39 is 8.32 Å². The van der Waals surface area contributed by atoms with Crippen LogP contribution in [0, 0.1) is 0 Å². The summed E-state index contributed by atoms with van der Waals surface area (Å²) < 4.78 is 13.0. The van der Waals surface area contributed by atoms with Crippen LogP contribution in [0.5, 0.6) is 0 Å². The summed E-state index contributed by atoms with van der Waals surface area (Å²) in [6.07, 6.45) is 2.80. The Morgan fingerprint density at radius 1 is 0.920 bits per heavy atom. The molecular weight excluding hydrogens is 324 g/mol. The van der Waals surface area contributed by atoms with Crippen LogP contribution in [-0.4, -0.2) is 27.1 Å². The van der Waals surface area contributed by atoms with Gasteiger partial charge in [-0.2, -0.15) is 0 Å². The Kier molecular flexibility index (Phi) is 5.47. The minimum Gasteiger partial charge on any atom is -0.405 e. The van der Waals surface area contributed by atoms with Gasteiger partial charge in [0, 0.05) is 0 Å². The summed E-state index contributed by atoms with van der Waals surface area (Å²) in [4.78, 5) is 0. The average Bonchev–Trinajstić information content (AvgIpc) is 3.02. The Morgan fingerprint density at radius 3 is 1.84 bits per heavy atom. The van der Waals surface area contributed by atoms with E-state index in [1.165, 1.54) is 10.4 Å². The fraction of sp³-hybridized carbons (Fsp3) is 0.455. The molecule has 1 fully saturated rings. The summed E-state index contributed by atoms with van der Waals surface area (Å²) in [6, 6.07) is 21.6. The van der Waals surface area contributed by atoms with Crippen molar-refractivity contribution in [1.29, 1.82) is 0 Å². The molecule has 2 aromatic rings. The van der Waals surface area contributed by atoms with Crippen LogP contribution in [0.4, 0.5) is 0 Å². The van der Waals surface area contributed by atoms with Gasteiger partial charge < -0.3 is 9.16 Å². The smallest absolute Gasteiger partial charge is 0.261 e. The quantitative estimate of drug-likeness (QED) is 0.752. The second-order valence-electron chi connectivity index (χ2n) is 8.12. The number of rotatable bonds is 5. The summed E-state index contributed by atoms with van der Waals surface area (Å²) in [6.45, 7) is 9.78. The Morgan fingerprint density at radius 2 is 1.44 bits per heavy atom. The first-order valence-corrected chi connectivity index (χ1v) is 11.2. The van der Waals surface area contributed by atoms with Crippen LogP contribution < -0.4 is 10.4 Å². The third kappa shape index (κ3) is 3.74. The van der Waals surface area contributed by atoms with Crippen LogP contribution in [0.2, 0.25) is 5.04 Å². The summed E-state index contributed by atoms with van der Waals surface area (Å²) in [5.74, 6) is 0. The molecule has 0 N–H and O–H groups in total. The van der Waals surface area contributed by atoms with Crippen LogP contribution >= 0.6 is 0 Å². The van der Waals surface area contributed by atoms with E-state index in [4.69, 9.17) is 9.16 Å². The van der Waals surface area contributed by atoms with Crippen LogP contribution in [0.1, 0.15) is 40.5 Å². The van der Waals surface area contributed by atoms with Crippen molar-refractivity contribution in [3.8, 4) is 0 Å². The summed E-state index contributed by atoms with van der Waals surface area (Å²) in [7, 11) is -2.42. The molecular formula is C22H30O2Si. The maximum Gasteiger partial charge on any atom is 0.261 e. The van der Waals surface area contributed by atoms with Gasteiger partial charge in [-0.1, -0.05) is 81.4 Å². The molecule has 25 heavy (non-hydrogen) atoms. The molecule has 0 bridgehead atoms. The molecule has 0 amide bonds. The van der Waals surface area contributed by atoms with E-state index >= 15 is 0 Å². The highest BCUT2D eigenvalue weighted by molar-refractivity contribution is 6.99. The molecule has 2 atom stereocenters. The molecule has 134 valence electrons. The zero-order chi connectivity index (χ0) is 17.9. The molecule has 3 heteroatoms. The molecule has 0 radical (unpaired) electrons. The monoisotopic (exact) mass is 354 g/mol. The second-order valence-corrected chi connectivity index (χ2v) is 12.4. The first-order chi connectivity index (χ1) is 11.9. The van der Waals surface area contributed by atoms with Gasteiger partial charge in [0.1, 0.15) is 0 Å². The van der Waals surface area contributed by atoms with Crippen LogP contribution in [0.15, 0.2) is 60.7 Å². The lowest BCUT2D eigenvalue weighted by atomic mass is 10.2. The molecule has 2 aromatic carbocycles. The number of hydrogen-bond acceptors (Lipinski definition) is 2. The van der Waals surface area contributed by atoms with E-state index in [0.717, 1.165) is 12.8 Å². The minimum absolute atomic E-state index is 0.0277. The van der Waals surface area contributed by atoms with Gasteiger partial charge in [-0.15, -0.1) is 0 Å². The third-order valence-corrected chi connectivity index (χ3v) is 10.2. The Bertz CT molecular complexity index is 624. The van der Waals surface area contributed by atoms with Crippen molar-refractivity contribution >= 4 is 18.7 Å². The largest absolute Gasteiger partial charge is 0.405 e. The molecule has 0 unspecified atom stereocenters. The van der Waals surface area contributed by atoms with Gasteiger partial charge in [0.15, 0.2) is 0 Å². The molecule has 0 aromatic heterocycles. The summed E-state index contributed by atoms with van der Waals surface area (Å²) >= 11 is 0. The van der Waals surface area contributed by atoms with E-state index in [1.54, 1.807) is 0 Å². The van der Waals surface area contributed by atoms with E-state index in [1.807, 2.05) is 0 Å². The van der Waals surface area contributed by atoms with Gasteiger partial charge in [0.2, 0.25) is 0 Å². The Hall–Kier alpha value is -1.42. The topological polar surface area (TPSA) is 18.5 Å². The highest BCUT2D eigenvalue weighted by atomic mass is 28.4. The highest BCUT2D eigenvalue weighted by Gasteiger charge is 2.50. The first kappa shape index (κ1) is 18.4. The predicted octanol–water partition coefficient (Wildman–Crippen LogP) is 4.13. The Labute approximate surface area is 153 Å². The van der Waals surface area contributed by atoms with Crippen molar-refractivity contribution in [2.75, 3.05) is 6.61 Å². The number of benzene rings is 2. The zero-order valence-electron chi connectivity index (χ0n) is 15.9. The minimum atomic E-state index is -2.42. The van der Waals surface area contributed by atoms with Crippen molar-refractivity contribution in [2.45, 2.75) is 57.8 Å². The van der Waals surface area contributed by atoms with Crippen molar-refractivity contribution in [2.24, 2.45) is 0 Å². The standard InChI is InChI=1S/C22H30O2Si/c1-18-15-16-19(24-18)17-23-25(22(2,3)4,20-11-7-5-8-12-20)21-13-9-6-10-14-21/h5-14,18-19H,15-17H2,1-4H3/t18-,19-/m0/s1. The predicted molar refractivity (Wildman–Crippen MR) is 107 cm³/mol. The van der Waals surface area contributed by atoms with Gasteiger partial charge in [0.05, 0.1) is 18.8 Å². The lowest BCUT2D eigenvalue weighted by molar-refractivity contribution is 0.0240. The lowest BCUT2D eigenvalue weighted by Crippen LogP contribution is -2.67. The SMILES string of the molecule is C[C@H]1CC[C@@H](CO[Si](c2ccccc2)(c2ccccc2)C(C)(C)C)O1. The maximum atomic E-state index is 6.91. The Balaban J connectivity index is 2.02. The molecule has 1 heterocycles. The van der Waals surface area contributed by atoms with E-state index in [2.05, 4.69) is 88.4 Å². The van der Waals surface area contributed by atoms with Crippen molar-refractivity contribution in [3.05, 3.63) is 60.7 Å². The molecule has 0 aliphatic carbocycles. The van der Waals surface area contributed by atoms with Crippen LogP contribution in [-0.2, 0) is 9.16 Å². The molecule has 1 saturated heterocycles. The molecule has 1 aliphatic rings.